The average Bonchev–Trinajstić information content (AvgIpc) is 2.94. The minimum absolute atomic E-state index is 0.233. The van der Waals surface area contributed by atoms with Crippen LogP contribution in [-0.2, 0) is 0 Å². The van der Waals surface area contributed by atoms with E-state index in [-0.39, 0.29) is 5.91 Å². The van der Waals surface area contributed by atoms with Crippen molar-refractivity contribution in [3.05, 3.63) is 57.9 Å². The maximum Gasteiger partial charge on any atom is 0.259 e. The van der Waals surface area contributed by atoms with Crippen LogP contribution < -0.4 is 5.32 Å². The quantitative estimate of drug-likeness (QED) is 0.796. The van der Waals surface area contributed by atoms with E-state index in [0.717, 1.165) is 11.3 Å². The molecule has 0 aliphatic rings. The molecule has 0 aliphatic carbocycles. The molecule has 0 saturated carbocycles. The number of aryl methyl sites for hydroxylation is 3. The number of carbonyl (C=O) groups excluding carboxylic acids is 1. The molecule has 3 rings (SSSR count). The highest BCUT2D eigenvalue weighted by Gasteiger charge is 2.15. The Bertz CT molecular complexity index is 873. The predicted octanol–water partition coefficient (Wildman–Crippen LogP) is 3.78. The number of amides is 1. The smallest absolute Gasteiger partial charge is 0.259 e. The SMILES string of the molecule is Cc1ncc(C(=O)Nc2cccnc2-c2csc(C)c2)c(C)n1. The highest BCUT2D eigenvalue weighted by Crippen LogP contribution is 2.29. The molecule has 3 heterocycles. The van der Waals surface area contributed by atoms with Gasteiger partial charge in [-0.2, -0.15) is 0 Å². The monoisotopic (exact) mass is 324 g/mol. The van der Waals surface area contributed by atoms with Crippen molar-refractivity contribution in [3.63, 3.8) is 0 Å². The van der Waals surface area contributed by atoms with Crippen LogP contribution in [0.15, 0.2) is 36.0 Å². The van der Waals surface area contributed by atoms with Gasteiger partial charge >= 0.3 is 0 Å². The van der Waals surface area contributed by atoms with E-state index >= 15 is 0 Å². The Morgan fingerprint density at radius 3 is 2.74 bits per heavy atom. The fraction of sp³-hybridized carbons (Fsp3) is 0.176. The van der Waals surface area contributed by atoms with Crippen LogP contribution in [0.3, 0.4) is 0 Å². The summed E-state index contributed by atoms with van der Waals surface area (Å²) < 4.78 is 0. The Labute approximate surface area is 138 Å². The van der Waals surface area contributed by atoms with Gasteiger partial charge in [-0.1, -0.05) is 0 Å². The first-order valence-corrected chi connectivity index (χ1v) is 8.04. The predicted molar refractivity (Wildman–Crippen MR) is 91.7 cm³/mol. The van der Waals surface area contributed by atoms with E-state index < -0.39 is 0 Å². The molecule has 1 amide bonds. The molecular formula is C17H16N4OS. The number of carbonyl (C=O) groups is 1. The number of pyridine rings is 1. The van der Waals surface area contributed by atoms with Gasteiger partial charge in [-0.15, -0.1) is 11.3 Å². The van der Waals surface area contributed by atoms with Crippen molar-refractivity contribution in [2.45, 2.75) is 20.8 Å². The van der Waals surface area contributed by atoms with Crippen molar-refractivity contribution in [2.75, 3.05) is 5.32 Å². The van der Waals surface area contributed by atoms with E-state index in [1.54, 1.807) is 43.6 Å². The van der Waals surface area contributed by atoms with Crippen molar-refractivity contribution in [1.82, 2.24) is 15.0 Å². The number of rotatable bonds is 3. The molecule has 23 heavy (non-hydrogen) atoms. The number of thiophene rings is 1. The average molecular weight is 324 g/mol. The first-order valence-electron chi connectivity index (χ1n) is 7.16. The van der Waals surface area contributed by atoms with Gasteiger partial charge in [-0.05, 0) is 39.0 Å². The van der Waals surface area contributed by atoms with Gasteiger partial charge in [0.2, 0.25) is 0 Å². The summed E-state index contributed by atoms with van der Waals surface area (Å²) in [4.78, 5) is 26.5. The van der Waals surface area contributed by atoms with Gasteiger partial charge in [0.25, 0.3) is 5.91 Å². The lowest BCUT2D eigenvalue weighted by Gasteiger charge is -2.10. The summed E-state index contributed by atoms with van der Waals surface area (Å²) in [6.07, 6.45) is 3.27. The molecule has 6 heteroatoms. The molecular weight excluding hydrogens is 308 g/mol. The number of hydrogen-bond donors (Lipinski definition) is 1. The lowest BCUT2D eigenvalue weighted by Crippen LogP contribution is -2.16. The molecule has 3 aromatic heterocycles. The van der Waals surface area contributed by atoms with Crippen LogP contribution in [-0.4, -0.2) is 20.9 Å². The summed E-state index contributed by atoms with van der Waals surface area (Å²) in [6.45, 7) is 5.64. The summed E-state index contributed by atoms with van der Waals surface area (Å²) in [7, 11) is 0. The van der Waals surface area contributed by atoms with Gasteiger partial charge in [0.05, 0.1) is 22.6 Å². The Balaban J connectivity index is 1.93. The third kappa shape index (κ3) is 3.27. The van der Waals surface area contributed by atoms with Gasteiger partial charge in [0, 0.05) is 28.2 Å². The van der Waals surface area contributed by atoms with Gasteiger partial charge in [-0.3, -0.25) is 9.78 Å². The molecule has 0 spiro atoms. The molecule has 0 saturated heterocycles. The minimum atomic E-state index is -0.233. The summed E-state index contributed by atoms with van der Waals surface area (Å²) >= 11 is 1.65. The molecule has 0 radical (unpaired) electrons. The fourth-order valence-electron chi connectivity index (χ4n) is 2.30. The van der Waals surface area contributed by atoms with Crippen molar-refractivity contribution in [1.29, 1.82) is 0 Å². The number of hydrogen-bond acceptors (Lipinski definition) is 5. The van der Waals surface area contributed by atoms with Crippen molar-refractivity contribution in [3.8, 4) is 11.3 Å². The van der Waals surface area contributed by atoms with Crippen molar-refractivity contribution >= 4 is 22.9 Å². The molecule has 0 aliphatic heterocycles. The first kappa shape index (κ1) is 15.3. The second kappa shape index (κ2) is 6.26. The maximum atomic E-state index is 12.5. The Morgan fingerprint density at radius 1 is 1.22 bits per heavy atom. The summed E-state index contributed by atoms with van der Waals surface area (Å²) in [5.74, 6) is 0.415. The molecule has 1 N–H and O–H groups in total. The molecule has 5 nitrogen and oxygen atoms in total. The summed E-state index contributed by atoms with van der Waals surface area (Å²) in [6, 6.07) is 5.71. The molecule has 3 aromatic rings. The van der Waals surface area contributed by atoms with E-state index in [0.29, 0.717) is 22.8 Å². The molecule has 116 valence electrons. The van der Waals surface area contributed by atoms with E-state index in [1.807, 2.05) is 18.4 Å². The van der Waals surface area contributed by atoms with Gasteiger partial charge in [0.15, 0.2) is 0 Å². The zero-order chi connectivity index (χ0) is 16.4. The van der Waals surface area contributed by atoms with E-state index in [9.17, 15) is 4.79 Å². The third-order valence-electron chi connectivity index (χ3n) is 3.40. The number of nitrogens with zero attached hydrogens (tertiary/aromatic N) is 3. The molecule has 0 fully saturated rings. The number of nitrogens with one attached hydrogen (secondary N) is 1. The van der Waals surface area contributed by atoms with Crippen LogP contribution in [0.5, 0.6) is 0 Å². The lowest BCUT2D eigenvalue weighted by molar-refractivity contribution is 0.102. The molecule has 0 bridgehead atoms. The van der Waals surface area contributed by atoms with Gasteiger partial charge < -0.3 is 5.32 Å². The van der Waals surface area contributed by atoms with Crippen LogP contribution >= 0.6 is 11.3 Å². The normalized spacial score (nSPS) is 10.6. The maximum absolute atomic E-state index is 12.5. The highest BCUT2D eigenvalue weighted by atomic mass is 32.1. The number of aromatic nitrogens is 3. The zero-order valence-corrected chi connectivity index (χ0v) is 13.9. The minimum Gasteiger partial charge on any atom is -0.320 e. The second-order valence-corrected chi connectivity index (χ2v) is 6.33. The third-order valence-corrected chi connectivity index (χ3v) is 4.27. The Hall–Kier alpha value is -2.60. The summed E-state index contributed by atoms with van der Waals surface area (Å²) in [5, 5.41) is 4.95. The van der Waals surface area contributed by atoms with Gasteiger partial charge in [-0.25, -0.2) is 9.97 Å². The largest absolute Gasteiger partial charge is 0.320 e. The van der Waals surface area contributed by atoms with E-state index in [2.05, 4.69) is 26.3 Å². The highest BCUT2D eigenvalue weighted by molar-refractivity contribution is 7.10. The van der Waals surface area contributed by atoms with E-state index in [1.165, 1.54) is 4.88 Å². The Kier molecular flexibility index (Phi) is 4.16. The lowest BCUT2D eigenvalue weighted by atomic mass is 10.1. The number of anilines is 1. The first-order chi connectivity index (χ1) is 11.0. The molecule has 0 atom stereocenters. The zero-order valence-electron chi connectivity index (χ0n) is 13.1. The summed E-state index contributed by atoms with van der Waals surface area (Å²) in [5.41, 5.74) is 3.56. The van der Waals surface area contributed by atoms with Crippen LogP contribution in [0, 0.1) is 20.8 Å². The van der Waals surface area contributed by atoms with Crippen LogP contribution in [0.4, 0.5) is 5.69 Å². The molecule has 0 unspecified atom stereocenters. The van der Waals surface area contributed by atoms with Crippen LogP contribution in [0.1, 0.15) is 26.8 Å². The van der Waals surface area contributed by atoms with Gasteiger partial charge in [0.1, 0.15) is 5.82 Å². The molecule has 0 aromatic carbocycles. The van der Waals surface area contributed by atoms with Crippen molar-refractivity contribution in [2.24, 2.45) is 0 Å². The topological polar surface area (TPSA) is 67.8 Å². The van der Waals surface area contributed by atoms with E-state index in [4.69, 9.17) is 0 Å². The standard InChI is InChI=1S/C17H16N4OS/c1-10-7-13(9-23-10)16-15(5-4-6-18-16)21-17(22)14-8-19-12(3)20-11(14)2/h4-9H,1-3H3,(H,21,22). The fourth-order valence-corrected chi connectivity index (χ4v) is 2.99. The second-order valence-electron chi connectivity index (χ2n) is 5.22. The Morgan fingerprint density at radius 2 is 2.04 bits per heavy atom. The van der Waals surface area contributed by atoms with Crippen LogP contribution in [0.25, 0.3) is 11.3 Å². The van der Waals surface area contributed by atoms with Crippen LogP contribution in [0.2, 0.25) is 0 Å². The van der Waals surface area contributed by atoms with Crippen molar-refractivity contribution < 1.29 is 4.79 Å².